The van der Waals surface area contributed by atoms with Crippen LogP contribution in [-0.4, -0.2) is 55.0 Å². The molecule has 0 saturated carbocycles. The molecule has 2 aromatic rings. The number of piperidine rings is 1. The number of amides is 2. The zero-order chi connectivity index (χ0) is 21.7. The van der Waals surface area contributed by atoms with Crippen LogP contribution >= 0.6 is 0 Å². The molecule has 3 N–H and O–H groups in total. The van der Waals surface area contributed by atoms with E-state index in [1.807, 2.05) is 25.1 Å². The molecule has 2 fully saturated rings. The molecule has 2 saturated heterocycles. The number of rotatable bonds is 6. The number of carbonyl (C=O) groups excluding carboxylic acids is 1. The smallest absolute Gasteiger partial charge is 0.320 e. The molecule has 2 atom stereocenters. The molecular formula is C23H31N5O3. The van der Waals surface area contributed by atoms with Crippen molar-refractivity contribution in [1.29, 1.82) is 0 Å². The summed E-state index contributed by atoms with van der Waals surface area (Å²) in [5, 5.41) is 9.05. The normalized spacial score (nSPS) is 23.4. The predicted molar refractivity (Wildman–Crippen MR) is 119 cm³/mol. The molecule has 1 unspecified atom stereocenters. The summed E-state index contributed by atoms with van der Waals surface area (Å²) in [7, 11) is 0. The molecule has 0 aliphatic carbocycles. The number of ether oxygens (including phenoxy) is 2. The van der Waals surface area contributed by atoms with E-state index in [1.165, 1.54) is 0 Å². The first-order chi connectivity index (χ1) is 15.0. The largest absolute Gasteiger partial charge is 0.493 e. The Balaban J connectivity index is 1.38. The summed E-state index contributed by atoms with van der Waals surface area (Å²) in [5.41, 5.74) is 2.73. The van der Waals surface area contributed by atoms with Crippen molar-refractivity contribution in [3.63, 3.8) is 0 Å². The van der Waals surface area contributed by atoms with E-state index >= 15 is 0 Å². The molecule has 2 aliphatic rings. The van der Waals surface area contributed by atoms with E-state index in [4.69, 9.17) is 9.47 Å². The average Bonchev–Trinajstić information content (AvgIpc) is 3.20. The van der Waals surface area contributed by atoms with Crippen LogP contribution in [0.5, 0.6) is 5.75 Å². The van der Waals surface area contributed by atoms with E-state index in [0.717, 1.165) is 62.4 Å². The number of aryl methyl sites for hydroxylation is 1. The summed E-state index contributed by atoms with van der Waals surface area (Å²) < 4.78 is 11.6. The fourth-order valence-corrected chi connectivity index (χ4v) is 3.92. The lowest BCUT2D eigenvalue weighted by molar-refractivity contribution is 0.117. The van der Waals surface area contributed by atoms with Crippen LogP contribution in [0, 0.1) is 12.3 Å². The summed E-state index contributed by atoms with van der Waals surface area (Å²) in [6, 6.07) is 5.85. The number of urea groups is 1. The number of hydrogen-bond acceptors (Lipinski definition) is 6. The minimum Gasteiger partial charge on any atom is -0.493 e. The minimum atomic E-state index is -0.260. The van der Waals surface area contributed by atoms with Gasteiger partial charge in [-0.1, -0.05) is 6.92 Å². The Bertz CT molecular complexity index is 908. The van der Waals surface area contributed by atoms with Gasteiger partial charge in [-0.05, 0) is 56.5 Å². The Hall–Kier alpha value is -2.71. The molecular weight excluding hydrogens is 394 g/mol. The Morgan fingerprint density at radius 1 is 1.39 bits per heavy atom. The summed E-state index contributed by atoms with van der Waals surface area (Å²) in [6.07, 6.45) is 6.31. The van der Waals surface area contributed by atoms with Crippen LogP contribution in [0.1, 0.15) is 31.7 Å². The maximum atomic E-state index is 12.3. The third kappa shape index (κ3) is 5.71. The number of nitrogens with one attached hydrogen (secondary N) is 3. The fraction of sp³-hybridized carbons (Fsp3) is 0.522. The van der Waals surface area contributed by atoms with Crippen molar-refractivity contribution in [2.45, 2.75) is 39.2 Å². The Morgan fingerprint density at radius 2 is 2.29 bits per heavy atom. The molecule has 0 spiro atoms. The Kier molecular flexibility index (Phi) is 6.67. The summed E-state index contributed by atoms with van der Waals surface area (Å²) in [6.45, 7) is 8.19. The van der Waals surface area contributed by atoms with E-state index in [2.05, 4.69) is 32.8 Å². The summed E-state index contributed by atoms with van der Waals surface area (Å²) in [4.78, 5) is 21.1. The highest BCUT2D eigenvalue weighted by Gasteiger charge is 2.30. The van der Waals surface area contributed by atoms with Crippen molar-refractivity contribution < 1.29 is 14.3 Å². The predicted octanol–water partition coefficient (Wildman–Crippen LogP) is 3.13. The highest BCUT2D eigenvalue weighted by Crippen LogP contribution is 2.31. The van der Waals surface area contributed by atoms with Crippen molar-refractivity contribution in [2.24, 2.45) is 5.41 Å². The monoisotopic (exact) mass is 425 g/mol. The standard InChI is InChI=1S/C23H31N5O3/c1-16-10-17(5-6-20(16)31-15-23(2)7-9-30-14-23)19-12-25-13-21(27-19)28-22(29)26-18-4-3-8-24-11-18/h5-6,10,12-13,18,24H,3-4,7-9,11,14-15H2,1-2H3,(H2,26,27,28,29)/t18-,23?/m0/s1. The number of aromatic nitrogens is 2. The first kappa shape index (κ1) is 21.5. The fourth-order valence-electron chi connectivity index (χ4n) is 3.92. The van der Waals surface area contributed by atoms with Crippen molar-refractivity contribution in [1.82, 2.24) is 20.6 Å². The molecule has 8 nitrogen and oxygen atoms in total. The van der Waals surface area contributed by atoms with Gasteiger partial charge in [0.1, 0.15) is 5.75 Å². The van der Waals surface area contributed by atoms with Gasteiger partial charge >= 0.3 is 6.03 Å². The van der Waals surface area contributed by atoms with Gasteiger partial charge < -0.3 is 20.1 Å². The summed E-state index contributed by atoms with van der Waals surface area (Å²) >= 11 is 0. The van der Waals surface area contributed by atoms with Crippen molar-refractivity contribution in [2.75, 3.05) is 38.2 Å². The second kappa shape index (κ2) is 9.62. The van der Waals surface area contributed by atoms with E-state index < -0.39 is 0 Å². The lowest BCUT2D eigenvalue weighted by Gasteiger charge is -2.23. The second-order valence-electron chi connectivity index (χ2n) is 8.81. The molecule has 8 heteroatoms. The van der Waals surface area contributed by atoms with Gasteiger partial charge in [0.25, 0.3) is 0 Å². The number of anilines is 1. The van der Waals surface area contributed by atoms with Crippen LogP contribution in [0.3, 0.4) is 0 Å². The highest BCUT2D eigenvalue weighted by atomic mass is 16.5. The lowest BCUT2D eigenvalue weighted by atomic mass is 9.91. The molecule has 1 aromatic heterocycles. The minimum absolute atomic E-state index is 0.0743. The van der Waals surface area contributed by atoms with Crippen LogP contribution < -0.4 is 20.7 Å². The van der Waals surface area contributed by atoms with Gasteiger partial charge in [0.15, 0.2) is 5.82 Å². The van der Waals surface area contributed by atoms with Crippen molar-refractivity contribution in [3.05, 3.63) is 36.2 Å². The molecule has 0 radical (unpaired) electrons. The Labute approximate surface area is 183 Å². The molecule has 2 amide bonds. The maximum Gasteiger partial charge on any atom is 0.320 e. The van der Waals surface area contributed by atoms with Crippen LogP contribution in [0.25, 0.3) is 11.3 Å². The first-order valence-electron chi connectivity index (χ1n) is 10.9. The topological polar surface area (TPSA) is 97.4 Å². The molecule has 166 valence electrons. The van der Waals surface area contributed by atoms with Gasteiger partial charge in [0.2, 0.25) is 0 Å². The van der Waals surface area contributed by atoms with Gasteiger partial charge in [-0.15, -0.1) is 0 Å². The number of benzene rings is 1. The van der Waals surface area contributed by atoms with Gasteiger partial charge in [0, 0.05) is 30.2 Å². The third-order valence-electron chi connectivity index (χ3n) is 5.86. The highest BCUT2D eigenvalue weighted by molar-refractivity contribution is 5.88. The SMILES string of the molecule is Cc1cc(-c2cncc(NC(=O)N[C@H]3CCCNC3)n2)ccc1OCC1(C)CCOC1. The number of hydrogen-bond donors (Lipinski definition) is 3. The van der Waals surface area contributed by atoms with Crippen LogP contribution in [-0.2, 0) is 4.74 Å². The average molecular weight is 426 g/mol. The molecule has 4 rings (SSSR count). The van der Waals surface area contributed by atoms with Gasteiger partial charge in [-0.25, -0.2) is 9.78 Å². The lowest BCUT2D eigenvalue weighted by Crippen LogP contribution is -2.47. The van der Waals surface area contributed by atoms with E-state index in [1.54, 1.807) is 12.4 Å². The van der Waals surface area contributed by atoms with Crippen LogP contribution in [0.4, 0.5) is 10.6 Å². The zero-order valence-corrected chi connectivity index (χ0v) is 18.2. The van der Waals surface area contributed by atoms with Gasteiger partial charge in [0.05, 0.1) is 31.3 Å². The molecule has 2 aliphatic heterocycles. The number of nitrogens with zero attached hydrogens (tertiary/aromatic N) is 2. The molecule has 31 heavy (non-hydrogen) atoms. The third-order valence-corrected chi connectivity index (χ3v) is 5.86. The van der Waals surface area contributed by atoms with Gasteiger partial charge in [-0.3, -0.25) is 10.3 Å². The van der Waals surface area contributed by atoms with E-state index in [9.17, 15) is 4.79 Å². The second-order valence-corrected chi connectivity index (χ2v) is 8.81. The Morgan fingerprint density at radius 3 is 3.03 bits per heavy atom. The van der Waals surface area contributed by atoms with Crippen molar-refractivity contribution in [3.8, 4) is 17.0 Å². The van der Waals surface area contributed by atoms with Crippen LogP contribution in [0.2, 0.25) is 0 Å². The first-order valence-corrected chi connectivity index (χ1v) is 10.9. The molecule has 3 heterocycles. The molecule has 1 aromatic carbocycles. The maximum absolute atomic E-state index is 12.3. The van der Waals surface area contributed by atoms with Gasteiger partial charge in [-0.2, -0.15) is 0 Å². The quantitative estimate of drug-likeness (QED) is 0.658. The van der Waals surface area contributed by atoms with Crippen molar-refractivity contribution >= 4 is 11.8 Å². The van der Waals surface area contributed by atoms with E-state index in [-0.39, 0.29) is 17.5 Å². The van der Waals surface area contributed by atoms with Crippen LogP contribution in [0.15, 0.2) is 30.6 Å². The molecule has 0 bridgehead atoms. The van der Waals surface area contributed by atoms with E-state index in [0.29, 0.717) is 18.1 Å². The number of carbonyl (C=O) groups is 1. The zero-order valence-electron chi connectivity index (χ0n) is 18.2. The summed E-state index contributed by atoms with van der Waals surface area (Å²) in [5.74, 6) is 1.28.